The van der Waals surface area contributed by atoms with E-state index in [1.54, 1.807) is 0 Å². The molecule has 1 aromatic rings. The molecular formula is C2H2N4Na2O3S2. The Morgan fingerprint density at radius 2 is 2.00 bits per heavy atom. The summed E-state index contributed by atoms with van der Waals surface area (Å²) in [7, 11) is -4.37. The zero-order valence-electron chi connectivity index (χ0n) is 7.04. The van der Waals surface area contributed by atoms with Gasteiger partial charge in [0, 0.05) is 5.16 Å². The number of nitrogens with zero attached hydrogens (tertiary/aromatic N) is 4. The van der Waals surface area contributed by atoms with E-state index >= 15 is 0 Å². The molecule has 0 saturated carbocycles. The minimum atomic E-state index is -4.37. The third-order valence-electron chi connectivity index (χ3n) is 0.779. The number of tetrazole rings is 1. The Morgan fingerprint density at radius 3 is 2.31 bits per heavy atom. The Hall–Kier alpha value is 1.20. The summed E-state index contributed by atoms with van der Waals surface area (Å²) in [6, 6.07) is 0. The molecule has 0 aliphatic heterocycles. The van der Waals surface area contributed by atoms with Crippen LogP contribution in [0.2, 0.25) is 0 Å². The molecule has 0 spiro atoms. The number of aromatic nitrogens is 4. The van der Waals surface area contributed by atoms with Crippen LogP contribution in [0.25, 0.3) is 0 Å². The summed E-state index contributed by atoms with van der Waals surface area (Å²) in [5, 5.41) is 9.33. The van der Waals surface area contributed by atoms with Gasteiger partial charge in [0.15, 0.2) is 0 Å². The molecule has 13 heavy (non-hydrogen) atoms. The van der Waals surface area contributed by atoms with Crippen LogP contribution in [0.4, 0.5) is 0 Å². The van der Waals surface area contributed by atoms with Crippen LogP contribution in [0.5, 0.6) is 0 Å². The number of hydrogen-bond acceptors (Lipinski definition) is 7. The summed E-state index contributed by atoms with van der Waals surface area (Å²) in [6.07, 6.45) is 0. The average molecular weight is 240 g/mol. The molecule has 0 N–H and O–H groups in total. The average Bonchev–Trinajstić information content (AvgIpc) is 2.12. The third kappa shape index (κ3) is 6.31. The van der Waals surface area contributed by atoms with Gasteiger partial charge in [0.25, 0.3) is 0 Å². The van der Waals surface area contributed by atoms with Crippen LogP contribution >= 0.6 is 0 Å². The van der Waals surface area contributed by atoms with Crippen molar-refractivity contribution in [3.63, 3.8) is 0 Å². The molecule has 0 bridgehead atoms. The molecule has 0 aromatic carbocycles. The minimum Gasteiger partial charge on any atom is -0.747 e. The van der Waals surface area contributed by atoms with E-state index in [0.717, 1.165) is 4.68 Å². The summed E-state index contributed by atoms with van der Waals surface area (Å²) in [6.45, 7) is 0. The molecule has 0 aliphatic carbocycles. The Bertz CT molecular complexity index is 350. The topological polar surface area (TPSA) is 101 Å². The smallest absolute Gasteiger partial charge is 0.747 e. The van der Waals surface area contributed by atoms with Gasteiger partial charge in [0.1, 0.15) is 16.0 Å². The summed E-state index contributed by atoms with van der Waals surface area (Å²) in [4.78, 5) is 0. The van der Waals surface area contributed by atoms with Crippen molar-refractivity contribution >= 4 is 22.7 Å². The maximum absolute atomic E-state index is 10.1. The molecule has 0 radical (unpaired) electrons. The first-order chi connectivity index (χ1) is 4.99. The molecule has 1 aromatic heterocycles. The zero-order valence-corrected chi connectivity index (χ0v) is 12.7. The molecule has 0 unspecified atom stereocenters. The summed E-state index contributed by atoms with van der Waals surface area (Å²) in [5.74, 6) is -0.821. The first-order valence-electron chi connectivity index (χ1n) is 2.36. The van der Waals surface area contributed by atoms with Crippen molar-refractivity contribution in [3.05, 3.63) is 0 Å². The third-order valence-corrected chi connectivity index (χ3v) is 1.63. The van der Waals surface area contributed by atoms with E-state index in [0.29, 0.717) is 0 Å². The summed E-state index contributed by atoms with van der Waals surface area (Å²) in [5.41, 5.74) is 0. The van der Waals surface area contributed by atoms with Gasteiger partial charge < -0.3 is 17.2 Å². The van der Waals surface area contributed by atoms with Crippen LogP contribution in [-0.2, 0) is 28.6 Å². The van der Waals surface area contributed by atoms with Gasteiger partial charge in [-0.3, -0.25) is 0 Å². The molecule has 0 atom stereocenters. The molecular weight excluding hydrogens is 238 g/mol. The molecule has 0 saturated heterocycles. The standard InChI is InChI=1S/C2H4N4O3S2.2Na/c7-11(8,9)1-6-2(10)3-4-5-6;;/h1H2,(H,3,5,10)(H,7,8,9);;/q;2*+1/p-2. The second kappa shape index (κ2) is 6.64. The monoisotopic (exact) mass is 240 g/mol. The Kier molecular flexibility index (Phi) is 8.49. The van der Waals surface area contributed by atoms with E-state index in [-0.39, 0.29) is 64.3 Å². The van der Waals surface area contributed by atoms with Crippen molar-refractivity contribution < 1.29 is 72.1 Å². The van der Waals surface area contributed by atoms with E-state index in [1.165, 1.54) is 0 Å². The summed E-state index contributed by atoms with van der Waals surface area (Å²) >= 11 is 4.48. The molecule has 0 amide bonds. The fourth-order valence-electron chi connectivity index (χ4n) is 0.427. The minimum absolute atomic E-state index is 0. The van der Waals surface area contributed by atoms with Gasteiger partial charge in [0.05, 0.1) is 0 Å². The van der Waals surface area contributed by atoms with E-state index < -0.39 is 16.0 Å². The maximum atomic E-state index is 10.1. The predicted molar refractivity (Wildman–Crippen MR) is 33.1 cm³/mol. The summed E-state index contributed by atoms with van der Waals surface area (Å²) < 4.78 is 31.1. The molecule has 0 fully saturated rings. The molecule has 0 aliphatic rings. The van der Waals surface area contributed by atoms with Gasteiger partial charge in [-0.1, -0.05) is 0 Å². The van der Waals surface area contributed by atoms with Crippen LogP contribution in [0.15, 0.2) is 5.16 Å². The quantitative estimate of drug-likeness (QED) is 0.287. The zero-order chi connectivity index (χ0) is 8.48. The van der Waals surface area contributed by atoms with Gasteiger partial charge in [-0.05, 0) is 10.4 Å². The first kappa shape index (κ1) is 16.6. The van der Waals surface area contributed by atoms with Gasteiger partial charge in [-0.2, -0.15) is 0 Å². The Labute approximate surface area is 124 Å². The van der Waals surface area contributed by atoms with E-state index in [1.807, 2.05) is 0 Å². The van der Waals surface area contributed by atoms with Crippen molar-refractivity contribution in [3.8, 4) is 0 Å². The van der Waals surface area contributed by atoms with Crippen molar-refractivity contribution in [2.75, 3.05) is 0 Å². The van der Waals surface area contributed by atoms with E-state index in [4.69, 9.17) is 0 Å². The predicted octanol–water partition coefficient (Wildman–Crippen LogP) is -7.91. The van der Waals surface area contributed by atoms with Crippen molar-refractivity contribution in [1.29, 1.82) is 0 Å². The molecule has 1 heterocycles. The molecule has 62 valence electrons. The van der Waals surface area contributed by atoms with Crippen LogP contribution in [0.1, 0.15) is 0 Å². The van der Waals surface area contributed by atoms with Crippen LogP contribution in [0, 0.1) is 0 Å². The fourth-order valence-corrected chi connectivity index (χ4v) is 1.12. The van der Waals surface area contributed by atoms with Gasteiger partial charge in [0.2, 0.25) is 0 Å². The van der Waals surface area contributed by atoms with Gasteiger partial charge in [-0.25, -0.2) is 13.1 Å². The van der Waals surface area contributed by atoms with Crippen LogP contribution in [-0.4, -0.2) is 33.2 Å². The van der Waals surface area contributed by atoms with Crippen molar-refractivity contribution in [2.45, 2.75) is 11.0 Å². The fraction of sp³-hybridized carbons (Fsp3) is 0.500. The second-order valence-corrected chi connectivity index (χ2v) is 3.39. The molecule has 7 nitrogen and oxygen atoms in total. The van der Waals surface area contributed by atoms with Crippen LogP contribution in [0.3, 0.4) is 0 Å². The Morgan fingerprint density at radius 1 is 1.46 bits per heavy atom. The SMILES string of the molecule is O=S(=O)([O-])Cn1nnnc1[S-].[Na+].[Na+]. The number of hydrogen-bond donors (Lipinski definition) is 0. The van der Waals surface area contributed by atoms with Crippen molar-refractivity contribution in [1.82, 2.24) is 20.2 Å². The van der Waals surface area contributed by atoms with E-state index in [9.17, 15) is 13.0 Å². The van der Waals surface area contributed by atoms with Crippen LogP contribution < -0.4 is 59.1 Å². The van der Waals surface area contributed by atoms with E-state index in [2.05, 4.69) is 28.2 Å². The van der Waals surface area contributed by atoms with Crippen molar-refractivity contribution in [2.24, 2.45) is 0 Å². The number of rotatable bonds is 2. The normalized spacial score (nSPS) is 9.92. The van der Waals surface area contributed by atoms with Gasteiger partial charge in [-0.15, -0.1) is 5.10 Å². The Balaban J connectivity index is 0. The first-order valence-corrected chi connectivity index (χ1v) is 4.34. The molecule has 11 heteroatoms. The second-order valence-electron chi connectivity index (χ2n) is 1.65. The van der Waals surface area contributed by atoms with Gasteiger partial charge >= 0.3 is 59.1 Å². The molecule has 1 rings (SSSR count). The largest absolute Gasteiger partial charge is 1.00 e. The maximum Gasteiger partial charge on any atom is 1.00 e.